The van der Waals surface area contributed by atoms with Crippen molar-refractivity contribution in [1.82, 2.24) is 0 Å². The Kier molecular flexibility index (Phi) is 5.14. The lowest BCUT2D eigenvalue weighted by molar-refractivity contribution is -0.384. The van der Waals surface area contributed by atoms with Crippen LogP contribution in [0.4, 0.5) is 11.4 Å². The monoisotopic (exact) mass is 315 g/mol. The molecule has 0 aliphatic carbocycles. The second-order valence-electron chi connectivity index (χ2n) is 4.79. The molecule has 0 bridgehead atoms. The molecule has 0 spiro atoms. The van der Waals surface area contributed by atoms with Crippen LogP contribution in [0.5, 0.6) is 5.75 Å². The predicted octanol–water partition coefficient (Wildman–Crippen LogP) is 2.70. The van der Waals surface area contributed by atoms with Gasteiger partial charge in [-0.3, -0.25) is 14.9 Å². The molecule has 23 heavy (non-hydrogen) atoms. The minimum absolute atomic E-state index is 0.0196. The molecule has 3 N–H and O–H groups in total. The Hall–Kier alpha value is -3.09. The summed E-state index contributed by atoms with van der Waals surface area (Å²) in [6.07, 6.45) is 0. The number of amides is 1. The van der Waals surface area contributed by atoms with E-state index in [2.05, 4.69) is 5.32 Å². The number of nitrogens with one attached hydrogen (secondary N) is 1. The number of carbonyl (C=O) groups excluding carboxylic acids is 1. The van der Waals surface area contributed by atoms with E-state index in [4.69, 9.17) is 10.5 Å². The highest BCUT2D eigenvalue weighted by Crippen LogP contribution is 2.23. The lowest BCUT2D eigenvalue weighted by atomic mass is 10.1. The number of hydrogen-bond acceptors (Lipinski definition) is 5. The van der Waals surface area contributed by atoms with Crippen molar-refractivity contribution in [2.24, 2.45) is 5.73 Å². The molecule has 2 aromatic rings. The Labute approximate surface area is 133 Å². The predicted molar refractivity (Wildman–Crippen MR) is 86.6 cm³/mol. The van der Waals surface area contributed by atoms with Crippen molar-refractivity contribution in [2.45, 2.75) is 13.5 Å². The van der Waals surface area contributed by atoms with Crippen molar-refractivity contribution >= 4 is 17.3 Å². The van der Waals surface area contributed by atoms with Gasteiger partial charge in [-0.2, -0.15) is 0 Å². The van der Waals surface area contributed by atoms with Crippen LogP contribution >= 0.6 is 0 Å². The summed E-state index contributed by atoms with van der Waals surface area (Å²) >= 11 is 0. The van der Waals surface area contributed by atoms with Crippen molar-refractivity contribution in [3.63, 3.8) is 0 Å². The highest BCUT2D eigenvalue weighted by molar-refractivity contribution is 5.98. The number of anilines is 1. The number of hydrogen-bond donors (Lipinski definition) is 2. The highest BCUT2D eigenvalue weighted by Gasteiger charge is 2.11. The maximum absolute atomic E-state index is 11.6. The van der Waals surface area contributed by atoms with Gasteiger partial charge < -0.3 is 15.8 Å². The van der Waals surface area contributed by atoms with Crippen LogP contribution in [0.2, 0.25) is 0 Å². The fraction of sp³-hybridized carbons (Fsp3) is 0.188. The summed E-state index contributed by atoms with van der Waals surface area (Å²) in [6, 6.07) is 11.3. The normalized spacial score (nSPS) is 10.1. The lowest BCUT2D eigenvalue weighted by Gasteiger charge is -2.12. The van der Waals surface area contributed by atoms with E-state index in [-0.39, 0.29) is 5.69 Å². The minimum atomic E-state index is -0.576. The number of ether oxygens (including phenoxy) is 1. The number of nitro groups is 1. The number of benzene rings is 2. The number of non-ortho nitro benzene ring substituents is 1. The maximum atomic E-state index is 11.6. The summed E-state index contributed by atoms with van der Waals surface area (Å²) in [5.74, 6) is -0.0182. The second-order valence-corrected chi connectivity index (χ2v) is 4.79. The van der Waals surface area contributed by atoms with Gasteiger partial charge in [0.2, 0.25) is 0 Å². The Morgan fingerprint density at radius 1 is 1.30 bits per heavy atom. The number of carbonyl (C=O) groups is 1. The molecule has 0 aliphatic heterocycles. The number of rotatable bonds is 7. The van der Waals surface area contributed by atoms with E-state index >= 15 is 0 Å². The van der Waals surface area contributed by atoms with E-state index in [1.54, 1.807) is 30.3 Å². The average molecular weight is 315 g/mol. The fourth-order valence-electron chi connectivity index (χ4n) is 2.12. The molecule has 7 heteroatoms. The molecule has 0 unspecified atom stereocenters. The molecule has 2 aromatic carbocycles. The van der Waals surface area contributed by atoms with Gasteiger partial charge in [0.25, 0.3) is 11.6 Å². The Bertz CT molecular complexity index is 731. The van der Waals surface area contributed by atoms with Gasteiger partial charge in [-0.1, -0.05) is 12.1 Å². The van der Waals surface area contributed by atoms with Gasteiger partial charge in [-0.15, -0.1) is 0 Å². The zero-order chi connectivity index (χ0) is 16.8. The molecule has 7 nitrogen and oxygen atoms in total. The van der Waals surface area contributed by atoms with Gasteiger partial charge in [0.1, 0.15) is 5.75 Å². The van der Waals surface area contributed by atoms with E-state index in [1.807, 2.05) is 6.92 Å². The number of primary amides is 1. The third-order valence-electron chi connectivity index (χ3n) is 3.17. The molecular formula is C16H17N3O4. The Morgan fingerprint density at radius 2 is 2.09 bits per heavy atom. The van der Waals surface area contributed by atoms with Gasteiger partial charge in [0.05, 0.1) is 17.1 Å². The molecule has 0 aliphatic rings. The molecule has 0 saturated heterocycles. The van der Waals surface area contributed by atoms with Crippen LogP contribution in [-0.4, -0.2) is 17.4 Å². The smallest absolute Gasteiger partial charge is 0.269 e. The molecular weight excluding hydrogens is 298 g/mol. The van der Waals surface area contributed by atoms with E-state index in [0.717, 1.165) is 5.56 Å². The van der Waals surface area contributed by atoms with Gasteiger partial charge >= 0.3 is 0 Å². The van der Waals surface area contributed by atoms with Gasteiger partial charge in [-0.25, -0.2) is 0 Å². The summed E-state index contributed by atoms with van der Waals surface area (Å²) < 4.78 is 5.35. The first-order valence-electron chi connectivity index (χ1n) is 7.05. The molecule has 0 saturated carbocycles. The zero-order valence-electron chi connectivity index (χ0n) is 12.6. The molecule has 0 fully saturated rings. The van der Waals surface area contributed by atoms with Crippen molar-refractivity contribution < 1.29 is 14.5 Å². The Balaban J connectivity index is 2.18. The summed E-state index contributed by atoms with van der Waals surface area (Å²) in [4.78, 5) is 21.9. The number of nitrogens with two attached hydrogens (primary N) is 1. The van der Waals surface area contributed by atoms with Gasteiger partial charge in [-0.05, 0) is 30.7 Å². The van der Waals surface area contributed by atoms with Crippen LogP contribution in [0.1, 0.15) is 22.8 Å². The standard InChI is InChI=1S/C16H17N3O4/c1-2-23-13-6-7-15(14(9-13)16(17)20)18-10-11-4-3-5-12(8-11)19(21)22/h3-9,18H,2,10H2,1H3,(H2,17,20). The van der Waals surface area contributed by atoms with Crippen LogP contribution in [0.15, 0.2) is 42.5 Å². The molecule has 0 aromatic heterocycles. The van der Waals surface area contributed by atoms with E-state index in [1.165, 1.54) is 12.1 Å². The fourth-order valence-corrected chi connectivity index (χ4v) is 2.12. The summed E-state index contributed by atoms with van der Waals surface area (Å²) in [6.45, 7) is 2.66. The van der Waals surface area contributed by atoms with Crippen LogP contribution in [-0.2, 0) is 6.54 Å². The molecule has 0 radical (unpaired) electrons. The molecule has 0 heterocycles. The van der Waals surface area contributed by atoms with Crippen LogP contribution < -0.4 is 15.8 Å². The van der Waals surface area contributed by atoms with Gasteiger partial charge in [0.15, 0.2) is 0 Å². The van der Waals surface area contributed by atoms with Crippen LogP contribution in [0, 0.1) is 10.1 Å². The maximum Gasteiger partial charge on any atom is 0.269 e. The van der Waals surface area contributed by atoms with Crippen LogP contribution in [0.3, 0.4) is 0 Å². The number of nitro benzene ring substituents is 1. The van der Waals surface area contributed by atoms with Gasteiger partial charge in [0, 0.05) is 24.4 Å². The zero-order valence-corrected chi connectivity index (χ0v) is 12.6. The number of nitrogens with zero attached hydrogens (tertiary/aromatic N) is 1. The first-order chi connectivity index (χ1) is 11.0. The summed E-state index contributed by atoms with van der Waals surface area (Å²) in [5, 5.41) is 13.8. The van der Waals surface area contributed by atoms with Crippen molar-refractivity contribution in [3.05, 3.63) is 63.7 Å². The summed E-state index contributed by atoms with van der Waals surface area (Å²) in [7, 11) is 0. The highest BCUT2D eigenvalue weighted by atomic mass is 16.6. The third kappa shape index (κ3) is 4.19. The SMILES string of the molecule is CCOc1ccc(NCc2cccc([N+](=O)[O-])c2)c(C(N)=O)c1. The summed E-state index contributed by atoms with van der Waals surface area (Å²) in [5.41, 5.74) is 6.99. The topological polar surface area (TPSA) is 107 Å². The van der Waals surface area contributed by atoms with Crippen LogP contribution in [0.25, 0.3) is 0 Å². The first-order valence-corrected chi connectivity index (χ1v) is 7.05. The van der Waals surface area contributed by atoms with Crippen molar-refractivity contribution in [2.75, 3.05) is 11.9 Å². The molecule has 0 atom stereocenters. The largest absolute Gasteiger partial charge is 0.494 e. The van der Waals surface area contributed by atoms with E-state index in [9.17, 15) is 14.9 Å². The quantitative estimate of drug-likeness (QED) is 0.603. The minimum Gasteiger partial charge on any atom is -0.494 e. The first kappa shape index (κ1) is 16.3. The molecule has 1 amide bonds. The lowest BCUT2D eigenvalue weighted by Crippen LogP contribution is -2.14. The average Bonchev–Trinajstić information content (AvgIpc) is 2.54. The third-order valence-corrected chi connectivity index (χ3v) is 3.17. The molecule has 2 rings (SSSR count). The van der Waals surface area contributed by atoms with Crippen molar-refractivity contribution in [1.29, 1.82) is 0 Å². The van der Waals surface area contributed by atoms with Crippen molar-refractivity contribution in [3.8, 4) is 5.75 Å². The second kappa shape index (κ2) is 7.26. The molecule has 120 valence electrons. The van der Waals surface area contributed by atoms with E-state index in [0.29, 0.717) is 30.2 Å². The Morgan fingerprint density at radius 3 is 2.74 bits per heavy atom. The van der Waals surface area contributed by atoms with E-state index < -0.39 is 10.8 Å².